The standard InChI is InChI=1S/C12H16N4O/c1-8(2)16-11(10(17-3)7-15-16)9-5-4-6-14-12(9)13/h4-8H,1-3H3,(H2,13,14). The molecule has 0 spiro atoms. The quantitative estimate of drug-likeness (QED) is 0.880. The van der Waals surface area contributed by atoms with Crippen LogP contribution in [-0.4, -0.2) is 21.9 Å². The third-order valence-electron chi connectivity index (χ3n) is 2.56. The van der Waals surface area contributed by atoms with Crippen molar-refractivity contribution in [1.29, 1.82) is 0 Å². The van der Waals surface area contributed by atoms with Gasteiger partial charge in [0.05, 0.1) is 13.3 Å². The summed E-state index contributed by atoms with van der Waals surface area (Å²) >= 11 is 0. The highest BCUT2D eigenvalue weighted by molar-refractivity contribution is 5.75. The van der Waals surface area contributed by atoms with Crippen molar-refractivity contribution < 1.29 is 4.74 Å². The Morgan fingerprint density at radius 3 is 2.76 bits per heavy atom. The second-order valence-corrected chi connectivity index (χ2v) is 4.04. The van der Waals surface area contributed by atoms with Gasteiger partial charge in [0, 0.05) is 17.8 Å². The molecule has 2 aromatic heterocycles. The zero-order valence-electron chi connectivity index (χ0n) is 10.2. The lowest BCUT2D eigenvalue weighted by atomic mass is 10.1. The van der Waals surface area contributed by atoms with Crippen molar-refractivity contribution in [3.63, 3.8) is 0 Å². The van der Waals surface area contributed by atoms with E-state index in [1.165, 1.54) is 0 Å². The van der Waals surface area contributed by atoms with Crippen molar-refractivity contribution >= 4 is 5.82 Å². The van der Waals surface area contributed by atoms with Crippen LogP contribution in [0.5, 0.6) is 5.75 Å². The Labute approximate surface area is 100 Å². The van der Waals surface area contributed by atoms with Crippen molar-refractivity contribution in [3.05, 3.63) is 24.5 Å². The van der Waals surface area contributed by atoms with Crippen molar-refractivity contribution in [2.75, 3.05) is 12.8 Å². The summed E-state index contributed by atoms with van der Waals surface area (Å²) in [6, 6.07) is 4.00. The molecule has 2 rings (SSSR count). The Morgan fingerprint density at radius 2 is 2.18 bits per heavy atom. The number of nitrogen functional groups attached to an aromatic ring is 1. The number of pyridine rings is 1. The van der Waals surface area contributed by atoms with Gasteiger partial charge in [-0.15, -0.1) is 0 Å². The molecule has 0 radical (unpaired) electrons. The van der Waals surface area contributed by atoms with Gasteiger partial charge in [-0.1, -0.05) is 0 Å². The molecule has 0 atom stereocenters. The number of anilines is 1. The molecule has 90 valence electrons. The van der Waals surface area contributed by atoms with Gasteiger partial charge in [-0.25, -0.2) is 4.98 Å². The Kier molecular flexibility index (Phi) is 2.99. The van der Waals surface area contributed by atoms with Gasteiger partial charge in [0.15, 0.2) is 5.75 Å². The Balaban J connectivity index is 2.64. The lowest BCUT2D eigenvalue weighted by Crippen LogP contribution is -2.06. The molecule has 0 saturated carbocycles. The van der Waals surface area contributed by atoms with E-state index >= 15 is 0 Å². The van der Waals surface area contributed by atoms with Crippen LogP contribution in [0.1, 0.15) is 19.9 Å². The number of nitrogens with zero attached hydrogens (tertiary/aromatic N) is 3. The fourth-order valence-electron chi connectivity index (χ4n) is 1.76. The summed E-state index contributed by atoms with van der Waals surface area (Å²) in [7, 11) is 1.62. The second kappa shape index (κ2) is 4.45. The van der Waals surface area contributed by atoms with Crippen LogP contribution in [0.2, 0.25) is 0 Å². The van der Waals surface area contributed by atoms with Crippen LogP contribution in [0.15, 0.2) is 24.5 Å². The van der Waals surface area contributed by atoms with Crippen molar-refractivity contribution in [2.24, 2.45) is 0 Å². The predicted octanol–water partition coefficient (Wildman–Crippen LogP) is 2.12. The highest BCUT2D eigenvalue weighted by Crippen LogP contribution is 2.34. The Hall–Kier alpha value is -2.04. The molecular formula is C12H16N4O. The lowest BCUT2D eigenvalue weighted by molar-refractivity contribution is 0.415. The minimum atomic E-state index is 0.230. The summed E-state index contributed by atoms with van der Waals surface area (Å²) < 4.78 is 7.20. The van der Waals surface area contributed by atoms with Crippen molar-refractivity contribution in [2.45, 2.75) is 19.9 Å². The van der Waals surface area contributed by atoms with Crippen molar-refractivity contribution in [3.8, 4) is 17.0 Å². The van der Waals surface area contributed by atoms with Gasteiger partial charge >= 0.3 is 0 Å². The van der Waals surface area contributed by atoms with Gasteiger partial charge in [-0.05, 0) is 26.0 Å². The zero-order valence-corrected chi connectivity index (χ0v) is 10.2. The van der Waals surface area contributed by atoms with E-state index in [4.69, 9.17) is 10.5 Å². The molecule has 0 amide bonds. The fraction of sp³-hybridized carbons (Fsp3) is 0.333. The van der Waals surface area contributed by atoms with E-state index in [1.54, 1.807) is 19.5 Å². The SMILES string of the molecule is COc1cnn(C(C)C)c1-c1cccnc1N. The third-order valence-corrected chi connectivity index (χ3v) is 2.56. The van der Waals surface area contributed by atoms with E-state index in [0.717, 1.165) is 11.3 Å². The van der Waals surface area contributed by atoms with E-state index in [1.807, 2.05) is 16.8 Å². The second-order valence-electron chi connectivity index (χ2n) is 4.04. The maximum absolute atomic E-state index is 5.90. The smallest absolute Gasteiger partial charge is 0.164 e. The first-order chi connectivity index (χ1) is 8.15. The van der Waals surface area contributed by atoms with E-state index in [-0.39, 0.29) is 6.04 Å². The third kappa shape index (κ3) is 1.95. The molecule has 5 nitrogen and oxygen atoms in total. The molecule has 2 N–H and O–H groups in total. The first-order valence-electron chi connectivity index (χ1n) is 5.47. The molecule has 0 fully saturated rings. The number of aromatic nitrogens is 3. The largest absolute Gasteiger partial charge is 0.493 e. The van der Waals surface area contributed by atoms with Crippen molar-refractivity contribution in [1.82, 2.24) is 14.8 Å². The highest BCUT2D eigenvalue weighted by atomic mass is 16.5. The van der Waals surface area contributed by atoms with Gasteiger partial charge in [0.2, 0.25) is 0 Å². The molecule has 5 heteroatoms. The maximum Gasteiger partial charge on any atom is 0.164 e. The summed E-state index contributed by atoms with van der Waals surface area (Å²) in [4.78, 5) is 4.09. The van der Waals surface area contributed by atoms with Crippen LogP contribution >= 0.6 is 0 Å². The zero-order chi connectivity index (χ0) is 12.4. The Bertz CT molecular complexity index is 519. The average molecular weight is 232 g/mol. The normalized spacial score (nSPS) is 10.8. The van der Waals surface area contributed by atoms with Gasteiger partial charge in [0.25, 0.3) is 0 Å². The number of rotatable bonds is 3. The molecule has 0 unspecified atom stereocenters. The highest BCUT2D eigenvalue weighted by Gasteiger charge is 2.17. The van der Waals surface area contributed by atoms with Crippen LogP contribution in [0, 0.1) is 0 Å². The number of hydrogen-bond acceptors (Lipinski definition) is 4. The topological polar surface area (TPSA) is 66.0 Å². The minimum absolute atomic E-state index is 0.230. The van der Waals surface area contributed by atoms with E-state index in [2.05, 4.69) is 23.9 Å². The molecule has 0 aliphatic carbocycles. The molecule has 2 heterocycles. The molecule has 2 aromatic rings. The molecule has 0 saturated heterocycles. The molecule has 0 aliphatic rings. The van der Waals surface area contributed by atoms with Gasteiger partial charge in [-0.2, -0.15) is 5.10 Å². The van der Waals surface area contributed by atoms with Crippen LogP contribution in [0.4, 0.5) is 5.82 Å². The van der Waals surface area contributed by atoms with Crippen LogP contribution < -0.4 is 10.5 Å². The fourth-order valence-corrected chi connectivity index (χ4v) is 1.76. The predicted molar refractivity (Wildman–Crippen MR) is 66.8 cm³/mol. The monoisotopic (exact) mass is 232 g/mol. The first-order valence-corrected chi connectivity index (χ1v) is 5.47. The summed E-state index contributed by atoms with van der Waals surface area (Å²) in [5.74, 6) is 1.19. The summed E-state index contributed by atoms with van der Waals surface area (Å²) in [6.07, 6.45) is 3.36. The van der Waals surface area contributed by atoms with Gasteiger partial charge < -0.3 is 10.5 Å². The molecular weight excluding hydrogens is 216 g/mol. The van der Waals surface area contributed by atoms with Crippen LogP contribution in [0.25, 0.3) is 11.3 Å². The Morgan fingerprint density at radius 1 is 1.41 bits per heavy atom. The number of hydrogen-bond donors (Lipinski definition) is 1. The summed E-state index contributed by atoms with van der Waals surface area (Å²) in [6.45, 7) is 4.12. The number of ether oxygens (including phenoxy) is 1. The average Bonchev–Trinajstić information content (AvgIpc) is 2.73. The maximum atomic E-state index is 5.90. The number of methoxy groups -OCH3 is 1. The van der Waals surface area contributed by atoms with Gasteiger partial charge in [-0.3, -0.25) is 4.68 Å². The lowest BCUT2D eigenvalue weighted by Gasteiger charge is -2.13. The van der Waals surface area contributed by atoms with Crippen LogP contribution in [0.3, 0.4) is 0 Å². The first kappa shape index (κ1) is 11.4. The molecule has 17 heavy (non-hydrogen) atoms. The molecule has 0 aliphatic heterocycles. The summed E-state index contributed by atoms with van der Waals surface area (Å²) in [5.41, 5.74) is 7.61. The number of nitrogens with two attached hydrogens (primary N) is 1. The minimum Gasteiger partial charge on any atom is -0.493 e. The van der Waals surface area contributed by atoms with Crippen LogP contribution in [-0.2, 0) is 0 Å². The van der Waals surface area contributed by atoms with E-state index < -0.39 is 0 Å². The molecule has 0 bridgehead atoms. The van der Waals surface area contributed by atoms with E-state index in [9.17, 15) is 0 Å². The summed E-state index contributed by atoms with van der Waals surface area (Å²) in [5, 5.41) is 4.31. The van der Waals surface area contributed by atoms with E-state index in [0.29, 0.717) is 11.6 Å². The van der Waals surface area contributed by atoms with Gasteiger partial charge in [0.1, 0.15) is 11.5 Å². The molecule has 0 aromatic carbocycles.